The van der Waals surface area contributed by atoms with Crippen molar-refractivity contribution >= 4 is 17.7 Å². The molecule has 126 valence electrons. The van der Waals surface area contributed by atoms with Crippen molar-refractivity contribution < 1.29 is 19.5 Å². The predicted molar refractivity (Wildman–Crippen MR) is 83.1 cm³/mol. The molecule has 1 aliphatic carbocycles. The molecule has 22 heavy (non-hydrogen) atoms. The molecule has 0 aromatic heterocycles. The minimum absolute atomic E-state index is 0.0271. The Hall–Kier alpha value is -1.43. The molecule has 6 nitrogen and oxygen atoms in total. The number of nitrogens with one attached hydrogen (secondary N) is 1. The number of carboxylic acids is 1. The molecule has 0 spiro atoms. The predicted octanol–water partition coefficient (Wildman–Crippen LogP) is 1.18. The highest BCUT2D eigenvalue weighted by molar-refractivity contribution is 5.93. The Morgan fingerprint density at radius 1 is 1.05 bits per heavy atom. The van der Waals surface area contributed by atoms with Gasteiger partial charge in [0, 0.05) is 11.8 Å². The van der Waals surface area contributed by atoms with E-state index >= 15 is 0 Å². The smallest absolute Gasteiger partial charge is 0.326 e. The van der Waals surface area contributed by atoms with Gasteiger partial charge in [-0.15, -0.1) is 0 Å². The lowest BCUT2D eigenvalue weighted by molar-refractivity contribution is -0.144. The zero-order chi connectivity index (χ0) is 17.0. The molecule has 0 bridgehead atoms. The maximum absolute atomic E-state index is 12.4. The van der Waals surface area contributed by atoms with Crippen molar-refractivity contribution in [1.29, 1.82) is 0 Å². The third-order valence-electron chi connectivity index (χ3n) is 4.50. The Bertz CT molecular complexity index is 434. The van der Waals surface area contributed by atoms with Gasteiger partial charge in [0.1, 0.15) is 6.04 Å². The maximum Gasteiger partial charge on any atom is 0.326 e. The summed E-state index contributed by atoms with van der Waals surface area (Å²) in [5, 5.41) is 11.7. The molecule has 1 fully saturated rings. The molecule has 1 aliphatic rings. The third kappa shape index (κ3) is 4.29. The fraction of sp³-hybridized carbons (Fsp3) is 0.812. The van der Waals surface area contributed by atoms with Gasteiger partial charge < -0.3 is 16.2 Å². The highest BCUT2D eigenvalue weighted by Crippen LogP contribution is 2.34. The van der Waals surface area contributed by atoms with Gasteiger partial charge in [0.25, 0.3) is 0 Å². The molecule has 4 atom stereocenters. The van der Waals surface area contributed by atoms with E-state index < -0.39 is 24.0 Å². The molecule has 4 N–H and O–H groups in total. The Morgan fingerprint density at radius 3 is 2.05 bits per heavy atom. The van der Waals surface area contributed by atoms with Gasteiger partial charge in [0.15, 0.2) is 5.78 Å². The van der Waals surface area contributed by atoms with Crippen LogP contribution in [0.5, 0.6) is 0 Å². The van der Waals surface area contributed by atoms with Crippen molar-refractivity contribution in [2.45, 2.75) is 59.0 Å². The summed E-state index contributed by atoms with van der Waals surface area (Å²) in [5.74, 6) is -2.51. The van der Waals surface area contributed by atoms with Gasteiger partial charge in [-0.25, -0.2) is 4.79 Å². The van der Waals surface area contributed by atoms with E-state index in [-0.39, 0.29) is 29.4 Å². The quantitative estimate of drug-likeness (QED) is 0.654. The molecule has 0 heterocycles. The van der Waals surface area contributed by atoms with E-state index in [9.17, 15) is 14.4 Å². The number of hydrogen-bond donors (Lipinski definition) is 3. The van der Waals surface area contributed by atoms with E-state index in [0.717, 1.165) is 6.42 Å². The largest absolute Gasteiger partial charge is 0.480 e. The summed E-state index contributed by atoms with van der Waals surface area (Å²) >= 11 is 0. The minimum Gasteiger partial charge on any atom is -0.480 e. The summed E-state index contributed by atoms with van der Waals surface area (Å²) in [4.78, 5) is 36.0. The van der Waals surface area contributed by atoms with Crippen LogP contribution in [-0.4, -0.2) is 34.8 Å². The summed E-state index contributed by atoms with van der Waals surface area (Å²) in [6.07, 6.45) is 2.05. The lowest BCUT2D eigenvalue weighted by Crippen LogP contribution is -2.49. The van der Waals surface area contributed by atoms with Gasteiger partial charge >= 0.3 is 5.97 Å². The van der Waals surface area contributed by atoms with Crippen LogP contribution in [0.15, 0.2) is 0 Å². The van der Waals surface area contributed by atoms with Crippen LogP contribution in [0.3, 0.4) is 0 Å². The average Bonchev–Trinajstić information content (AvgIpc) is 2.91. The first kappa shape index (κ1) is 18.6. The van der Waals surface area contributed by atoms with Gasteiger partial charge in [-0.1, -0.05) is 34.1 Å². The number of ketones is 1. The van der Waals surface area contributed by atoms with Crippen LogP contribution in [0.4, 0.5) is 0 Å². The van der Waals surface area contributed by atoms with Crippen LogP contribution >= 0.6 is 0 Å². The molecule has 4 unspecified atom stereocenters. The fourth-order valence-electron chi connectivity index (χ4n) is 2.96. The number of aliphatic carboxylic acids is 1. The molecular weight excluding hydrogens is 284 g/mol. The summed E-state index contributed by atoms with van der Waals surface area (Å²) in [6.45, 7) is 7.24. The van der Waals surface area contributed by atoms with Crippen LogP contribution in [0.2, 0.25) is 0 Å². The van der Waals surface area contributed by atoms with Crippen molar-refractivity contribution in [1.82, 2.24) is 5.32 Å². The standard InChI is InChI=1S/C16H28N2O4/c1-8(2)12(17)14(19)10-6-5-7-11(10)15(20)18-13(9(3)4)16(21)22/h8-13H,5-7,17H2,1-4H3,(H,18,20)(H,21,22). The molecule has 0 saturated heterocycles. The third-order valence-corrected chi connectivity index (χ3v) is 4.50. The summed E-state index contributed by atoms with van der Waals surface area (Å²) < 4.78 is 0. The van der Waals surface area contributed by atoms with Crippen molar-refractivity contribution in [3.05, 3.63) is 0 Å². The van der Waals surface area contributed by atoms with E-state index in [1.807, 2.05) is 13.8 Å². The number of nitrogens with two attached hydrogens (primary N) is 1. The molecule has 1 rings (SSSR count). The van der Waals surface area contributed by atoms with Gasteiger partial charge in [-0.2, -0.15) is 0 Å². The second kappa shape index (κ2) is 7.72. The number of amides is 1. The van der Waals surface area contributed by atoms with E-state index in [0.29, 0.717) is 12.8 Å². The lowest BCUT2D eigenvalue weighted by atomic mass is 9.84. The van der Waals surface area contributed by atoms with Gasteiger partial charge in [0.2, 0.25) is 5.91 Å². The lowest BCUT2D eigenvalue weighted by Gasteiger charge is -2.25. The second-order valence-electron chi connectivity index (χ2n) is 6.88. The van der Waals surface area contributed by atoms with Crippen LogP contribution in [0.25, 0.3) is 0 Å². The highest BCUT2D eigenvalue weighted by atomic mass is 16.4. The molecule has 1 saturated carbocycles. The highest BCUT2D eigenvalue weighted by Gasteiger charge is 2.41. The molecule has 1 amide bonds. The van der Waals surface area contributed by atoms with Gasteiger partial charge in [-0.3, -0.25) is 9.59 Å². The Kier molecular flexibility index (Phi) is 6.53. The molecular formula is C16H28N2O4. The zero-order valence-electron chi connectivity index (χ0n) is 13.8. The maximum atomic E-state index is 12.4. The Labute approximate surface area is 131 Å². The summed E-state index contributed by atoms with van der Waals surface area (Å²) in [6, 6.07) is -1.50. The molecule has 6 heteroatoms. The van der Waals surface area contributed by atoms with Crippen molar-refractivity contribution in [2.75, 3.05) is 0 Å². The van der Waals surface area contributed by atoms with E-state index in [2.05, 4.69) is 5.32 Å². The van der Waals surface area contributed by atoms with Crippen molar-refractivity contribution in [2.24, 2.45) is 29.4 Å². The molecule has 0 aliphatic heterocycles. The fourth-order valence-corrected chi connectivity index (χ4v) is 2.96. The Balaban J connectivity index is 2.79. The van der Waals surface area contributed by atoms with Crippen LogP contribution in [0, 0.1) is 23.7 Å². The number of Topliss-reactive ketones (excluding diaryl/α,β-unsaturated/α-hetero) is 1. The Morgan fingerprint density at radius 2 is 1.59 bits per heavy atom. The second-order valence-corrected chi connectivity index (χ2v) is 6.88. The zero-order valence-corrected chi connectivity index (χ0v) is 13.8. The molecule has 0 aromatic carbocycles. The average molecular weight is 312 g/mol. The van der Waals surface area contributed by atoms with Gasteiger partial charge in [-0.05, 0) is 24.7 Å². The number of rotatable bonds is 7. The monoisotopic (exact) mass is 312 g/mol. The first-order valence-electron chi connectivity index (χ1n) is 7.99. The topological polar surface area (TPSA) is 109 Å². The van der Waals surface area contributed by atoms with Gasteiger partial charge in [0.05, 0.1) is 6.04 Å². The number of carboxylic acid groups (broad SMARTS) is 1. The normalized spacial score (nSPS) is 24.3. The van der Waals surface area contributed by atoms with E-state index in [4.69, 9.17) is 10.8 Å². The van der Waals surface area contributed by atoms with E-state index in [1.54, 1.807) is 13.8 Å². The first-order chi connectivity index (χ1) is 10.2. The summed E-state index contributed by atoms with van der Waals surface area (Å²) in [7, 11) is 0. The summed E-state index contributed by atoms with van der Waals surface area (Å²) in [5.41, 5.74) is 5.92. The first-order valence-corrected chi connectivity index (χ1v) is 7.99. The molecule has 0 aromatic rings. The van der Waals surface area contributed by atoms with Crippen LogP contribution < -0.4 is 11.1 Å². The number of carbonyl (C=O) groups is 3. The van der Waals surface area contributed by atoms with Crippen LogP contribution in [-0.2, 0) is 14.4 Å². The van der Waals surface area contributed by atoms with Crippen LogP contribution in [0.1, 0.15) is 47.0 Å². The van der Waals surface area contributed by atoms with E-state index in [1.165, 1.54) is 0 Å². The van der Waals surface area contributed by atoms with Crippen molar-refractivity contribution in [3.8, 4) is 0 Å². The van der Waals surface area contributed by atoms with Crippen molar-refractivity contribution in [3.63, 3.8) is 0 Å². The number of hydrogen-bond acceptors (Lipinski definition) is 4. The number of carbonyl (C=O) groups excluding carboxylic acids is 2. The SMILES string of the molecule is CC(C)C(N)C(=O)C1CCCC1C(=O)NC(C(=O)O)C(C)C. The minimum atomic E-state index is -1.05. The molecule has 0 radical (unpaired) electrons.